The number of esters is 1. The molecule has 1 N–H and O–H groups in total. The first-order valence-corrected chi connectivity index (χ1v) is 7.95. The number of carbonyl (C=O) groups is 3. The van der Waals surface area contributed by atoms with Gasteiger partial charge in [-0.2, -0.15) is 0 Å². The van der Waals surface area contributed by atoms with Crippen molar-refractivity contribution in [3.63, 3.8) is 0 Å². The molecular formula is C18H24N2O7. The number of hydrogen-bond donors (Lipinski definition) is 1. The van der Waals surface area contributed by atoms with Gasteiger partial charge in [0.2, 0.25) is 11.7 Å². The van der Waals surface area contributed by atoms with Crippen molar-refractivity contribution >= 4 is 23.9 Å². The van der Waals surface area contributed by atoms with E-state index >= 15 is 0 Å². The van der Waals surface area contributed by atoms with Crippen LogP contribution in [0.5, 0.6) is 17.2 Å². The Bertz CT molecular complexity index is 691. The molecule has 0 saturated heterocycles. The fourth-order valence-electron chi connectivity index (χ4n) is 2.04. The fourth-order valence-corrected chi connectivity index (χ4v) is 2.04. The normalized spacial score (nSPS) is 10.3. The van der Waals surface area contributed by atoms with Crippen molar-refractivity contribution in [2.45, 2.75) is 0 Å². The molecule has 1 aromatic carbocycles. The van der Waals surface area contributed by atoms with Gasteiger partial charge in [-0.25, -0.2) is 4.79 Å². The standard InChI is InChI=1S/C18H24N2O7/c1-19-15(21)10-20(2)16(22)11-27-17(23)7-6-12-8-13(24-3)18(26-5)14(9-12)25-4/h6-9H,10-11H2,1-5H3,(H,19,21)/b7-6+. The van der Waals surface area contributed by atoms with Gasteiger partial charge in [0, 0.05) is 20.2 Å². The smallest absolute Gasteiger partial charge is 0.331 e. The molecule has 148 valence electrons. The van der Waals surface area contributed by atoms with Crippen LogP contribution in [-0.2, 0) is 19.1 Å². The lowest BCUT2D eigenvalue weighted by Crippen LogP contribution is -2.38. The molecule has 0 radical (unpaired) electrons. The van der Waals surface area contributed by atoms with Crippen molar-refractivity contribution < 1.29 is 33.3 Å². The van der Waals surface area contributed by atoms with Crippen LogP contribution >= 0.6 is 0 Å². The van der Waals surface area contributed by atoms with Gasteiger partial charge in [-0.1, -0.05) is 0 Å². The van der Waals surface area contributed by atoms with E-state index in [2.05, 4.69) is 5.32 Å². The summed E-state index contributed by atoms with van der Waals surface area (Å²) in [4.78, 5) is 36.0. The van der Waals surface area contributed by atoms with Crippen molar-refractivity contribution in [1.82, 2.24) is 10.2 Å². The maximum absolute atomic E-state index is 11.8. The van der Waals surface area contributed by atoms with E-state index in [-0.39, 0.29) is 12.5 Å². The van der Waals surface area contributed by atoms with Crippen LogP contribution in [0, 0.1) is 0 Å². The summed E-state index contributed by atoms with van der Waals surface area (Å²) in [7, 11) is 7.37. The van der Waals surface area contributed by atoms with Crippen molar-refractivity contribution in [2.24, 2.45) is 0 Å². The van der Waals surface area contributed by atoms with Crippen molar-refractivity contribution in [2.75, 3.05) is 48.6 Å². The monoisotopic (exact) mass is 380 g/mol. The van der Waals surface area contributed by atoms with Crippen LogP contribution in [0.2, 0.25) is 0 Å². The van der Waals surface area contributed by atoms with Gasteiger partial charge in [-0.3, -0.25) is 9.59 Å². The molecule has 9 nitrogen and oxygen atoms in total. The number of rotatable bonds is 9. The summed E-state index contributed by atoms with van der Waals surface area (Å²) in [5.41, 5.74) is 0.615. The minimum Gasteiger partial charge on any atom is -0.493 e. The maximum atomic E-state index is 11.8. The lowest BCUT2D eigenvalue weighted by Gasteiger charge is -2.15. The van der Waals surface area contributed by atoms with E-state index in [9.17, 15) is 14.4 Å². The predicted octanol–water partition coefficient (Wildman–Crippen LogP) is 0.473. The molecule has 0 bridgehead atoms. The molecule has 0 aliphatic carbocycles. The van der Waals surface area contributed by atoms with E-state index < -0.39 is 18.5 Å². The molecule has 0 fully saturated rings. The Morgan fingerprint density at radius 2 is 1.67 bits per heavy atom. The quantitative estimate of drug-likeness (QED) is 0.491. The molecule has 0 spiro atoms. The zero-order valence-corrected chi connectivity index (χ0v) is 16.0. The summed E-state index contributed by atoms with van der Waals surface area (Å²) in [5.74, 6) is -0.200. The minimum absolute atomic E-state index is 0.117. The van der Waals surface area contributed by atoms with Crippen LogP contribution in [0.3, 0.4) is 0 Å². The predicted molar refractivity (Wildman–Crippen MR) is 97.8 cm³/mol. The number of nitrogens with one attached hydrogen (secondary N) is 1. The molecule has 0 aliphatic rings. The topological polar surface area (TPSA) is 103 Å². The second kappa shape index (κ2) is 10.7. The average molecular weight is 380 g/mol. The van der Waals surface area contributed by atoms with E-state index in [0.717, 1.165) is 4.90 Å². The number of likely N-dealkylation sites (N-methyl/N-ethyl adjacent to an activating group) is 2. The second-order valence-corrected chi connectivity index (χ2v) is 5.32. The fraction of sp³-hybridized carbons (Fsp3) is 0.389. The summed E-state index contributed by atoms with van der Waals surface area (Å²) >= 11 is 0. The lowest BCUT2D eigenvalue weighted by atomic mass is 10.1. The highest BCUT2D eigenvalue weighted by Crippen LogP contribution is 2.38. The van der Waals surface area contributed by atoms with E-state index in [4.69, 9.17) is 18.9 Å². The number of methoxy groups -OCH3 is 3. The Morgan fingerprint density at radius 1 is 1.07 bits per heavy atom. The zero-order valence-electron chi connectivity index (χ0n) is 16.0. The molecule has 0 atom stereocenters. The average Bonchev–Trinajstić information content (AvgIpc) is 2.68. The minimum atomic E-state index is -0.703. The number of ether oxygens (including phenoxy) is 4. The first-order chi connectivity index (χ1) is 12.9. The van der Waals surface area contributed by atoms with Gasteiger partial charge in [-0.15, -0.1) is 0 Å². The Balaban J connectivity index is 2.70. The lowest BCUT2D eigenvalue weighted by molar-refractivity contribution is -0.148. The van der Waals surface area contributed by atoms with Crippen molar-refractivity contribution in [1.29, 1.82) is 0 Å². The van der Waals surface area contributed by atoms with E-state index in [1.165, 1.54) is 47.6 Å². The molecule has 0 heterocycles. The maximum Gasteiger partial charge on any atom is 0.331 e. The number of carbonyl (C=O) groups excluding carboxylic acids is 3. The van der Waals surface area contributed by atoms with Gasteiger partial charge in [0.15, 0.2) is 18.1 Å². The summed E-state index contributed by atoms with van der Waals surface area (Å²) in [5, 5.41) is 2.40. The van der Waals surface area contributed by atoms with Crippen LogP contribution in [0.1, 0.15) is 5.56 Å². The van der Waals surface area contributed by atoms with Gasteiger partial charge in [-0.05, 0) is 23.8 Å². The molecule has 0 aliphatic heterocycles. The molecule has 1 aromatic rings. The summed E-state index contributed by atoms with van der Waals surface area (Å²) in [6, 6.07) is 3.32. The third-order valence-corrected chi connectivity index (χ3v) is 3.52. The van der Waals surface area contributed by atoms with Crippen LogP contribution in [0.4, 0.5) is 0 Å². The first-order valence-electron chi connectivity index (χ1n) is 7.95. The highest BCUT2D eigenvalue weighted by atomic mass is 16.5. The number of nitrogens with zero attached hydrogens (tertiary/aromatic N) is 1. The highest BCUT2D eigenvalue weighted by molar-refractivity contribution is 5.90. The van der Waals surface area contributed by atoms with Gasteiger partial charge in [0.05, 0.1) is 27.9 Å². The number of benzene rings is 1. The SMILES string of the molecule is CNC(=O)CN(C)C(=O)COC(=O)/C=C/c1cc(OC)c(OC)c(OC)c1. The number of hydrogen-bond acceptors (Lipinski definition) is 7. The Kier molecular flexibility index (Phi) is 8.64. The van der Waals surface area contributed by atoms with Crippen LogP contribution in [0.25, 0.3) is 6.08 Å². The van der Waals surface area contributed by atoms with Gasteiger partial charge >= 0.3 is 5.97 Å². The van der Waals surface area contributed by atoms with E-state index in [1.807, 2.05) is 0 Å². The Morgan fingerprint density at radius 3 is 2.15 bits per heavy atom. The molecule has 0 unspecified atom stereocenters. The van der Waals surface area contributed by atoms with Crippen molar-refractivity contribution in [3.05, 3.63) is 23.8 Å². The molecular weight excluding hydrogens is 356 g/mol. The van der Waals surface area contributed by atoms with Crippen molar-refractivity contribution in [3.8, 4) is 17.2 Å². The second-order valence-electron chi connectivity index (χ2n) is 5.32. The van der Waals surface area contributed by atoms with Crippen LogP contribution < -0.4 is 19.5 Å². The van der Waals surface area contributed by atoms with Crippen LogP contribution in [0.15, 0.2) is 18.2 Å². The van der Waals surface area contributed by atoms with Crippen LogP contribution in [-0.4, -0.2) is 71.3 Å². The summed E-state index contributed by atoms with van der Waals surface area (Å²) < 4.78 is 20.6. The largest absolute Gasteiger partial charge is 0.493 e. The molecule has 9 heteroatoms. The van der Waals surface area contributed by atoms with Gasteiger partial charge in [0.25, 0.3) is 5.91 Å². The Labute approximate surface area is 157 Å². The summed E-state index contributed by atoms with van der Waals surface area (Å²) in [6.07, 6.45) is 2.66. The zero-order chi connectivity index (χ0) is 20.4. The number of amides is 2. The van der Waals surface area contributed by atoms with E-state index in [1.54, 1.807) is 12.1 Å². The Hall–Kier alpha value is -3.23. The first kappa shape index (κ1) is 21.8. The van der Waals surface area contributed by atoms with Gasteiger partial charge < -0.3 is 29.2 Å². The highest BCUT2D eigenvalue weighted by Gasteiger charge is 2.14. The van der Waals surface area contributed by atoms with Gasteiger partial charge in [0.1, 0.15) is 0 Å². The molecule has 0 aromatic heterocycles. The van der Waals surface area contributed by atoms with E-state index in [0.29, 0.717) is 22.8 Å². The summed E-state index contributed by atoms with van der Waals surface area (Å²) in [6.45, 7) is -0.583. The third kappa shape index (κ3) is 6.53. The molecule has 0 saturated carbocycles. The third-order valence-electron chi connectivity index (χ3n) is 3.52. The molecule has 27 heavy (non-hydrogen) atoms. The molecule has 1 rings (SSSR count). The molecule has 2 amide bonds.